The van der Waals surface area contributed by atoms with E-state index in [4.69, 9.17) is 9.72 Å². The summed E-state index contributed by atoms with van der Waals surface area (Å²) in [6.07, 6.45) is 1.73. The number of hydrogen-bond acceptors (Lipinski definition) is 5. The van der Waals surface area contributed by atoms with E-state index < -0.39 is 0 Å². The number of amides is 2. The molecule has 1 aliphatic rings. The number of ether oxygens (including phenoxy) is 1. The van der Waals surface area contributed by atoms with Crippen LogP contribution in [0.25, 0.3) is 27.9 Å². The van der Waals surface area contributed by atoms with Crippen molar-refractivity contribution in [2.75, 3.05) is 7.11 Å². The SMILES string of the molecule is COc1ccc(/C=C2\SC(=O)N(Cc3c4ccccc4nc4ccccc34)C2=O)cc1Br. The summed E-state index contributed by atoms with van der Waals surface area (Å²) in [4.78, 5) is 32.4. The van der Waals surface area contributed by atoms with Gasteiger partial charge in [0, 0.05) is 10.8 Å². The maximum absolute atomic E-state index is 13.2. The fourth-order valence-electron chi connectivity index (χ4n) is 3.82. The summed E-state index contributed by atoms with van der Waals surface area (Å²) < 4.78 is 6.03. The van der Waals surface area contributed by atoms with Gasteiger partial charge in [-0.05, 0) is 69.2 Å². The summed E-state index contributed by atoms with van der Waals surface area (Å²) in [5.74, 6) is 0.406. The van der Waals surface area contributed by atoms with Gasteiger partial charge in [0.25, 0.3) is 11.1 Å². The van der Waals surface area contributed by atoms with Crippen LogP contribution in [0.5, 0.6) is 5.75 Å². The topological polar surface area (TPSA) is 59.5 Å². The number of pyridine rings is 1. The fourth-order valence-corrected chi connectivity index (χ4v) is 5.21. The van der Waals surface area contributed by atoms with Gasteiger partial charge in [0.15, 0.2) is 0 Å². The van der Waals surface area contributed by atoms with Crippen molar-refractivity contribution in [2.24, 2.45) is 0 Å². The van der Waals surface area contributed by atoms with E-state index >= 15 is 0 Å². The number of nitrogens with zero attached hydrogens (tertiary/aromatic N) is 2. The molecule has 0 bridgehead atoms. The molecule has 0 radical (unpaired) electrons. The van der Waals surface area contributed by atoms with Crippen molar-refractivity contribution in [3.8, 4) is 5.75 Å². The molecule has 158 valence electrons. The molecule has 1 fully saturated rings. The molecular weight excluding hydrogens is 488 g/mol. The van der Waals surface area contributed by atoms with Gasteiger partial charge in [0.2, 0.25) is 0 Å². The standard InChI is InChI=1S/C25H17BrN2O3S/c1-31-22-11-10-15(12-19(22)26)13-23-24(29)28(25(30)32-23)14-18-16-6-2-4-8-20(16)27-21-9-5-3-7-17(18)21/h2-13H,14H2,1H3/b23-13-. The van der Waals surface area contributed by atoms with Gasteiger partial charge in [0.1, 0.15) is 5.75 Å². The quantitative estimate of drug-likeness (QED) is 0.238. The minimum Gasteiger partial charge on any atom is -0.496 e. The third-order valence-electron chi connectivity index (χ3n) is 5.36. The number of para-hydroxylation sites is 2. The van der Waals surface area contributed by atoms with Crippen molar-refractivity contribution in [3.63, 3.8) is 0 Å². The van der Waals surface area contributed by atoms with E-state index in [0.29, 0.717) is 10.7 Å². The molecule has 1 aromatic heterocycles. The van der Waals surface area contributed by atoms with E-state index in [1.165, 1.54) is 4.90 Å². The van der Waals surface area contributed by atoms with Crippen LogP contribution in [0.15, 0.2) is 76.1 Å². The summed E-state index contributed by atoms with van der Waals surface area (Å²) in [6.45, 7) is 0.192. The number of rotatable bonds is 4. The highest BCUT2D eigenvalue weighted by atomic mass is 79.9. The highest BCUT2D eigenvalue weighted by Crippen LogP contribution is 2.36. The zero-order valence-electron chi connectivity index (χ0n) is 17.0. The van der Waals surface area contributed by atoms with Gasteiger partial charge < -0.3 is 4.74 Å². The van der Waals surface area contributed by atoms with Gasteiger partial charge in [0.05, 0.1) is 34.1 Å². The molecule has 0 saturated carbocycles. The van der Waals surface area contributed by atoms with Crippen molar-refractivity contribution in [2.45, 2.75) is 6.54 Å². The van der Waals surface area contributed by atoms with Gasteiger partial charge in [-0.25, -0.2) is 4.98 Å². The largest absolute Gasteiger partial charge is 0.496 e. The average molecular weight is 505 g/mol. The number of halogens is 1. The number of carbonyl (C=O) groups is 2. The molecule has 0 N–H and O–H groups in total. The maximum Gasteiger partial charge on any atom is 0.293 e. The number of fused-ring (bicyclic) bond motifs is 2. The summed E-state index contributed by atoms with van der Waals surface area (Å²) in [5, 5.41) is 1.60. The Bertz CT molecular complexity index is 1380. The van der Waals surface area contributed by atoms with Crippen LogP contribution >= 0.6 is 27.7 Å². The third-order valence-corrected chi connectivity index (χ3v) is 6.89. The molecule has 2 amide bonds. The van der Waals surface area contributed by atoms with Crippen LogP contribution in [0, 0.1) is 0 Å². The Morgan fingerprint density at radius 1 is 1.00 bits per heavy atom. The van der Waals surface area contributed by atoms with Gasteiger partial charge in [-0.3, -0.25) is 14.5 Å². The third kappa shape index (κ3) is 3.67. The van der Waals surface area contributed by atoms with Gasteiger partial charge in [-0.2, -0.15) is 0 Å². The van der Waals surface area contributed by atoms with Crippen LogP contribution in [0.2, 0.25) is 0 Å². The predicted octanol–water partition coefficient (Wildman–Crippen LogP) is 6.40. The summed E-state index contributed by atoms with van der Waals surface area (Å²) in [7, 11) is 1.59. The molecule has 0 atom stereocenters. The van der Waals surface area contributed by atoms with E-state index in [2.05, 4.69) is 15.9 Å². The monoisotopic (exact) mass is 504 g/mol. The van der Waals surface area contributed by atoms with Crippen molar-refractivity contribution in [3.05, 3.63) is 87.2 Å². The smallest absolute Gasteiger partial charge is 0.293 e. The molecule has 7 heteroatoms. The lowest BCUT2D eigenvalue weighted by Gasteiger charge is -2.16. The number of benzene rings is 3. The summed E-state index contributed by atoms with van der Waals surface area (Å²) in [6, 6.07) is 21.1. The molecule has 0 aliphatic carbocycles. The Hall–Kier alpha value is -3.16. The second kappa shape index (κ2) is 8.41. The Kier molecular flexibility index (Phi) is 5.45. The van der Waals surface area contributed by atoms with Crippen LogP contribution in [0.3, 0.4) is 0 Å². The van der Waals surface area contributed by atoms with Crippen LogP contribution in [0.4, 0.5) is 4.79 Å². The first-order valence-electron chi connectivity index (χ1n) is 9.90. The van der Waals surface area contributed by atoms with E-state index in [1.54, 1.807) is 13.2 Å². The first kappa shape index (κ1) is 20.7. The Labute approximate surface area is 197 Å². The van der Waals surface area contributed by atoms with E-state index in [0.717, 1.165) is 49.2 Å². The Morgan fingerprint density at radius 3 is 2.28 bits per heavy atom. The molecule has 5 rings (SSSR count). The van der Waals surface area contributed by atoms with Gasteiger partial charge in [-0.1, -0.05) is 42.5 Å². The zero-order chi connectivity index (χ0) is 22.2. The second-order valence-corrected chi connectivity index (χ2v) is 9.13. The summed E-state index contributed by atoms with van der Waals surface area (Å²) in [5.41, 5.74) is 3.41. The van der Waals surface area contributed by atoms with E-state index in [9.17, 15) is 9.59 Å². The molecular formula is C25H17BrN2O3S. The van der Waals surface area contributed by atoms with E-state index in [1.807, 2.05) is 66.7 Å². The number of thioether (sulfide) groups is 1. The van der Waals surface area contributed by atoms with Crippen LogP contribution in [0.1, 0.15) is 11.1 Å². The van der Waals surface area contributed by atoms with Crippen molar-refractivity contribution in [1.29, 1.82) is 0 Å². The van der Waals surface area contributed by atoms with Crippen LogP contribution in [-0.2, 0) is 11.3 Å². The van der Waals surface area contributed by atoms with Crippen molar-refractivity contribution < 1.29 is 14.3 Å². The first-order chi connectivity index (χ1) is 15.5. The van der Waals surface area contributed by atoms with E-state index in [-0.39, 0.29) is 17.7 Å². The lowest BCUT2D eigenvalue weighted by molar-refractivity contribution is -0.123. The normalized spacial score (nSPS) is 15.3. The lowest BCUT2D eigenvalue weighted by Crippen LogP contribution is -2.27. The molecule has 0 unspecified atom stereocenters. The lowest BCUT2D eigenvalue weighted by atomic mass is 10.0. The molecule has 2 heterocycles. The molecule has 32 heavy (non-hydrogen) atoms. The van der Waals surface area contributed by atoms with Crippen LogP contribution in [-0.4, -0.2) is 28.1 Å². The zero-order valence-corrected chi connectivity index (χ0v) is 19.4. The number of hydrogen-bond donors (Lipinski definition) is 0. The Morgan fingerprint density at radius 2 is 1.66 bits per heavy atom. The molecule has 4 aromatic rings. The maximum atomic E-state index is 13.2. The highest BCUT2D eigenvalue weighted by molar-refractivity contribution is 9.10. The Balaban J connectivity index is 1.53. The molecule has 3 aromatic carbocycles. The van der Waals surface area contributed by atoms with Crippen molar-refractivity contribution in [1.82, 2.24) is 9.88 Å². The number of methoxy groups -OCH3 is 1. The minimum atomic E-state index is -0.295. The minimum absolute atomic E-state index is 0.192. The fraction of sp³-hybridized carbons (Fsp3) is 0.0800. The molecule has 1 saturated heterocycles. The van der Waals surface area contributed by atoms with Gasteiger partial charge in [-0.15, -0.1) is 0 Å². The number of aromatic nitrogens is 1. The molecule has 1 aliphatic heterocycles. The van der Waals surface area contributed by atoms with Crippen LogP contribution < -0.4 is 4.74 Å². The number of imide groups is 1. The number of carbonyl (C=O) groups excluding carboxylic acids is 2. The first-order valence-corrected chi connectivity index (χ1v) is 11.5. The average Bonchev–Trinajstić information content (AvgIpc) is 3.06. The van der Waals surface area contributed by atoms with Crippen molar-refractivity contribution >= 4 is 66.7 Å². The molecule has 0 spiro atoms. The molecule has 5 nitrogen and oxygen atoms in total. The predicted molar refractivity (Wildman–Crippen MR) is 131 cm³/mol. The second-order valence-electron chi connectivity index (χ2n) is 7.29. The van der Waals surface area contributed by atoms with Gasteiger partial charge >= 0.3 is 0 Å². The summed E-state index contributed by atoms with van der Waals surface area (Å²) >= 11 is 4.42. The highest BCUT2D eigenvalue weighted by Gasteiger charge is 2.35.